The lowest BCUT2D eigenvalue weighted by atomic mass is 9.93. The van der Waals surface area contributed by atoms with Crippen molar-refractivity contribution >= 4 is 17.6 Å². The van der Waals surface area contributed by atoms with Crippen LogP contribution in [0.4, 0.5) is 13.2 Å². The van der Waals surface area contributed by atoms with Gasteiger partial charge in [-0.05, 0) is 23.6 Å². The van der Waals surface area contributed by atoms with Crippen LogP contribution in [0.25, 0.3) is 0 Å². The first kappa shape index (κ1) is 21.2. The highest BCUT2D eigenvalue weighted by atomic mass is 35.5. The average molecular weight is 402 g/mol. The molecule has 0 aliphatic carbocycles. The van der Waals surface area contributed by atoms with Gasteiger partial charge in [0.1, 0.15) is 5.60 Å². The van der Waals surface area contributed by atoms with Gasteiger partial charge in [-0.3, -0.25) is 4.90 Å². The highest BCUT2D eigenvalue weighted by molar-refractivity contribution is 6.31. The Bertz CT molecular complexity index is 770. The molecule has 1 unspecified atom stereocenters. The summed E-state index contributed by atoms with van der Waals surface area (Å²) >= 11 is 6.20. The molecule has 0 radical (unpaired) electrons. The van der Waals surface area contributed by atoms with Crippen molar-refractivity contribution in [1.82, 2.24) is 4.90 Å². The molecule has 1 aliphatic rings. The van der Waals surface area contributed by atoms with E-state index < -0.39 is 17.7 Å². The van der Waals surface area contributed by atoms with Gasteiger partial charge in [0.15, 0.2) is 0 Å². The minimum Gasteiger partial charge on any atom is -0.475 e. The third kappa shape index (κ3) is 5.95. The van der Waals surface area contributed by atoms with Crippen LogP contribution in [-0.2, 0) is 16.9 Å². The van der Waals surface area contributed by atoms with Crippen LogP contribution in [0.3, 0.4) is 0 Å². The Morgan fingerprint density at radius 3 is 2.22 bits per heavy atom. The first-order valence-electron chi connectivity index (χ1n) is 8.15. The van der Waals surface area contributed by atoms with Crippen LogP contribution in [0.1, 0.15) is 17.5 Å². The number of β-amino-alcohol motifs (C(OH)–C–C–N with tert-alkyl or cyclic N) is 1. The van der Waals surface area contributed by atoms with E-state index in [9.17, 15) is 18.3 Å². The minimum absolute atomic E-state index is 0.655. The zero-order chi connectivity index (χ0) is 20.1. The molecular weight excluding hydrogens is 383 g/mol. The Kier molecular flexibility index (Phi) is 6.86. The molecule has 1 fully saturated rings. The first-order chi connectivity index (χ1) is 12.6. The fourth-order valence-electron chi connectivity index (χ4n) is 2.86. The molecule has 3 rings (SSSR count). The number of nitrogens with zero attached hydrogens (tertiary/aromatic N) is 1. The molecule has 1 saturated heterocycles. The summed E-state index contributed by atoms with van der Waals surface area (Å²) in [6.07, 6.45) is -4.32. The Labute approximate surface area is 159 Å². The number of rotatable bonds is 3. The number of aliphatic carboxylic acids is 1. The molecule has 2 aromatic carbocycles. The molecule has 146 valence electrons. The van der Waals surface area contributed by atoms with Crippen LogP contribution >= 0.6 is 11.6 Å². The maximum Gasteiger partial charge on any atom is 0.490 e. The van der Waals surface area contributed by atoms with Crippen molar-refractivity contribution in [2.45, 2.75) is 24.7 Å². The highest BCUT2D eigenvalue weighted by Crippen LogP contribution is 2.33. The number of benzene rings is 2. The van der Waals surface area contributed by atoms with Crippen LogP contribution in [0.15, 0.2) is 54.6 Å². The molecule has 0 aromatic heterocycles. The minimum atomic E-state index is -5.08. The van der Waals surface area contributed by atoms with Gasteiger partial charge in [0.05, 0.1) is 0 Å². The monoisotopic (exact) mass is 401 g/mol. The summed E-state index contributed by atoms with van der Waals surface area (Å²) < 4.78 is 31.7. The molecule has 8 heteroatoms. The van der Waals surface area contributed by atoms with Gasteiger partial charge in [-0.1, -0.05) is 60.1 Å². The fourth-order valence-corrected chi connectivity index (χ4v) is 3.05. The van der Waals surface area contributed by atoms with Gasteiger partial charge < -0.3 is 10.2 Å². The Balaban J connectivity index is 0.000000321. The van der Waals surface area contributed by atoms with Gasteiger partial charge in [-0.25, -0.2) is 4.79 Å². The van der Waals surface area contributed by atoms with E-state index in [1.165, 1.54) is 0 Å². The third-order valence-corrected chi connectivity index (χ3v) is 4.60. The van der Waals surface area contributed by atoms with Crippen LogP contribution < -0.4 is 0 Å². The molecule has 0 saturated carbocycles. The Morgan fingerprint density at radius 1 is 1.11 bits per heavy atom. The first-order valence-corrected chi connectivity index (χ1v) is 8.53. The molecule has 0 spiro atoms. The summed E-state index contributed by atoms with van der Waals surface area (Å²) in [4.78, 5) is 11.2. The van der Waals surface area contributed by atoms with Crippen molar-refractivity contribution in [3.05, 3.63) is 70.7 Å². The smallest absolute Gasteiger partial charge is 0.475 e. The number of halogens is 4. The van der Waals surface area contributed by atoms with E-state index in [4.69, 9.17) is 21.5 Å². The number of carboxylic acids is 1. The van der Waals surface area contributed by atoms with E-state index in [0.717, 1.165) is 35.7 Å². The molecule has 2 N–H and O–H groups in total. The number of alkyl halides is 3. The summed E-state index contributed by atoms with van der Waals surface area (Å²) in [5, 5.41) is 18.7. The second-order valence-electron chi connectivity index (χ2n) is 6.25. The second kappa shape index (κ2) is 8.73. The lowest BCUT2D eigenvalue weighted by molar-refractivity contribution is -0.192. The lowest BCUT2D eigenvalue weighted by Crippen LogP contribution is -2.30. The topological polar surface area (TPSA) is 60.8 Å². The molecule has 1 atom stereocenters. The normalized spacial score (nSPS) is 20.0. The summed E-state index contributed by atoms with van der Waals surface area (Å²) in [5.41, 5.74) is 1.39. The van der Waals surface area contributed by atoms with Gasteiger partial charge >= 0.3 is 12.1 Å². The number of hydrogen-bond donors (Lipinski definition) is 2. The molecular formula is C19H19ClF3NO3. The molecule has 1 aliphatic heterocycles. The van der Waals surface area contributed by atoms with Gasteiger partial charge in [0, 0.05) is 24.7 Å². The predicted molar refractivity (Wildman–Crippen MR) is 95.4 cm³/mol. The largest absolute Gasteiger partial charge is 0.490 e. The van der Waals surface area contributed by atoms with Crippen LogP contribution in [0.2, 0.25) is 5.02 Å². The van der Waals surface area contributed by atoms with E-state index in [-0.39, 0.29) is 0 Å². The van der Waals surface area contributed by atoms with Crippen LogP contribution in [0.5, 0.6) is 0 Å². The molecule has 27 heavy (non-hydrogen) atoms. The van der Waals surface area contributed by atoms with E-state index >= 15 is 0 Å². The van der Waals surface area contributed by atoms with Gasteiger partial charge in [0.25, 0.3) is 0 Å². The van der Waals surface area contributed by atoms with Crippen LogP contribution in [0, 0.1) is 0 Å². The second-order valence-corrected chi connectivity index (χ2v) is 6.66. The zero-order valence-corrected chi connectivity index (χ0v) is 15.0. The molecule has 0 amide bonds. The van der Waals surface area contributed by atoms with Crippen molar-refractivity contribution in [3.8, 4) is 0 Å². The fraction of sp³-hybridized carbons (Fsp3) is 0.316. The Morgan fingerprint density at radius 2 is 1.67 bits per heavy atom. The standard InChI is InChI=1S/C17H18ClNO.C2HF3O2/c18-16-9-5-4-6-14(16)12-19-11-10-17(20,13-19)15-7-2-1-3-8-15;3-2(4,5)1(6)7/h1-9,20H,10-13H2;(H,6,7). The number of hydrogen-bond acceptors (Lipinski definition) is 3. The highest BCUT2D eigenvalue weighted by Gasteiger charge is 2.38. The van der Waals surface area contributed by atoms with Crippen molar-refractivity contribution in [2.75, 3.05) is 13.1 Å². The summed E-state index contributed by atoms with van der Waals surface area (Å²) in [6, 6.07) is 17.8. The molecule has 0 bridgehead atoms. The maximum absolute atomic E-state index is 10.8. The quantitative estimate of drug-likeness (QED) is 0.814. The number of likely N-dealkylation sites (tertiary alicyclic amines) is 1. The predicted octanol–water partition coefficient (Wildman–Crippen LogP) is 4.07. The van der Waals surface area contributed by atoms with E-state index in [1.54, 1.807) is 0 Å². The van der Waals surface area contributed by atoms with E-state index in [0.29, 0.717) is 6.54 Å². The maximum atomic E-state index is 10.8. The molecule has 2 aromatic rings. The van der Waals surface area contributed by atoms with E-state index in [2.05, 4.69) is 4.90 Å². The van der Waals surface area contributed by atoms with Gasteiger partial charge in [-0.2, -0.15) is 13.2 Å². The number of carbonyl (C=O) groups is 1. The number of aliphatic hydroxyl groups is 1. The van der Waals surface area contributed by atoms with Crippen molar-refractivity contribution in [1.29, 1.82) is 0 Å². The SMILES string of the molecule is O=C(O)C(F)(F)F.OC1(c2ccccc2)CCN(Cc2ccccc2Cl)C1. The van der Waals surface area contributed by atoms with Gasteiger partial charge in [0.2, 0.25) is 0 Å². The lowest BCUT2D eigenvalue weighted by Gasteiger charge is -2.24. The summed E-state index contributed by atoms with van der Waals surface area (Å²) in [7, 11) is 0. The molecule has 4 nitrogen and oxygen atoms in total. The van der Waals surface area contributed by atoms with Crippen molar-refractivity contribution < 1.29 is 28.2 Å². The van der Waals surface area contributed by atoms with Gasteiger partial charge in [-0.15, -0.1) is 0 Å². The summed E-state index contributed by atoms with van der Waals surface area (Å²) in [6.45, 7) is 2.33. The Hall–Kier alpha value is -2.09. The number of carboxylic acid groups (broad SMARTS) is 1. The third-order valence-electron chi connectivity index (χ3n) is 4.23. The summed E-state index contributed by atoms with van der Waals surface area (Å²) in [5.74, 6) is -2.76. The molecule has 1 heterocycles. The van der Waals surface area contributed by atoms with Crippen molar-refractivity contribution in [2.24, 2.45) is 0 Å². The average Bonchev–Trinajstić information content (AvgIpc) is 3.00. The zero-order valence-electron chi connectivity index (χ0n) is 14.3. The van der Waals surface area contributed by atoms with Crippen molar-refractivity contribution in [3.63, 3.8) is 0 Å². The van der Waals surface area contributed by atoms with E-state index in [1.807, 2.05) is 54.6 Å². The van der Waals surface area contributed by atoms with Crippen LogP contribution in [-0.4, -0.2) is 40.3 Å².